The maximum Gasteiger partial charge on any atom is 0.254 e. The van der Waals surface area contributed by atoms with Crippen LogP contribution in [0.2, 0.25) is 0 Å². The first kappa shape index (κ1) is 58.2. The summed E-state index contributed by atoms with van der Waals surface area (Å²) in [4.78, 5) is 81.1. The molecule has 2 saturated heterocycles. The number of fused-ring (bicyclic) bond motifs is 8. The Hall–Kier alpha value is -6.99. The average Bonchev–Trinajstić information content (AvgIpc) is 4.09. The fourth-order valence-corrected chi connectivity index (χ4v) is 10.9. The molecule has 5 heterocycles. The minimum atomic E-state index is -0.874. The first-order valence-corrected chi connectivity index (χ1v) is 27.8. The highest BCUT2D eigenvalue weighted by Gasteiger charge is 2.46. The molecule has 6 N–H and O–H groups in total. The Bertz CT molecular complexity index is 2870. The molecule has 3 aliphatic heterocycles. The number of pyridine rings is 1. The molecule has 424 valence electrons. The van der Waals surface area contributed by atoms with Crippen molar-refractivity contribution in [1.82, 2.24) is 50.7 Å². The summed E-state index contributed by atoms with van der Waals surface area (Å²) in [6.45, 7) is 12.3. The molecule has 0 radical (unpaired) electrons. The molecule has 21 heteroatoms. The molecule has 4 aliphatic rings. The number of benzene rings is 2. The molecular formula is C58H78FN13O7. The SMILES string of the molecule is CC[C@H](NC(=O)[C@H]1C[C@@H](NCCOCCOCCC(=O)N(C)CCn2nc3c(c2C#N)-c2cnc(N)c(c2)N2CCC[C@@H]2c2cc(F)ccc2C(=O)N(C2CC2)C3)CN1C(=O)[C@H](NC(=O)[C@@H](C)NC)C(C)(C)C)c1ccccc1. The summed E-state index contributed by atoms with van der Waals surface area (Å²) in [5.41, 5.74) is 10.5. The van der Waals surface area contributed by atoms with Crippen LogP contribution in [-0.4, -0.2) is 156 Å². The summed E-state index contributed by atoms with van der Waals surface area (Å²) in [6.07, 6.45) is 5.92. The third-order valence-corrected chi connectivity index (χ3v) is 15.7. The molecule has 8 rings (SSSR count). The van der Waals surface area contributed by atoms with Gasteiger partial charge in [-0.3, -0.25) is 28.7 Å². The van der Waals surface area contributed by atoms with E-state index in [0.717, 1.165) is 24.8 Å². The van der Waals surface area contributed by atoms with E-state index in [2.05, 4.69) is 37.2 Å². The monoisotopic (exact) mass is 1090 g/mol. The zero-order valence-corrected chi connectivity index (χ0v) is 46.7. The van der Waals surface area contributed by atoms with Crippen molar-refractivity contribution in [2.45, 2.75) is 135 Å². The largest absolute Gasteiger partial charge is 0.382 e. The Labute approximate surface area is 462 Å². The minimum Gasteiger partial charge on any atom is -0.382 e. The van der Waals surface area contributed by atoms with E-state index in [0.29, 0.717) is 72.6 Å². The van der Waals surface area contributed by atoms with Gasteiger partial charge in [0.15, 0.2) is 0 Å². The van der Waals surface area contributed by atoms with Crippen LogP contribution in [0.25, 0.3) is 11.1 Å². The number of carbonyl (C=O) groups is 5. The lowest BCUT2D eigenvalue weighted by Crippen LogP contribution is -2.59. The van der Waals surface area contributed by atoms with Crippen LogP contribution in [0.5, 0.6) is 0 Å². The lowest BCUT2D eigenvalue weighted by molar-refractivity contribution is -0.144. The first-order valence-electron chi connectivity index (χ1n) is 27.8. The number of likely N-dealkylation sites (tertiary alicyclic amines) is 1. The number of hydrogen-bond donors (Lipinski definition) is 5. The van der Waals surface area contributed by atoms with Gasteiger partial charge < -0.3 is 56.1 Å². The zero-order valence-electron chi connectivity index (χ0n) is 46.7. The van der Waals surface area contributed by atoms with Crippen molar-refractivity contribution in [2.24, 2.45) is 5.41 Å². The maximum atomic E-state index is 14.9. The number of nitrogens with two attached hydrogens (primary N) is 1. The lowest BCUT2D eigenvalue weighted by Gasteiger charge is -2.36. The number of likely N-dealkylation sites (N-methyl/N-ethyl adjacent to an activating group) is 2. The molecule has 2 aromatic carbocycles. The van der Waals surface area contributed by atoms with Crippen LogP contribution in [0, 0.1) is 22.6 Å². The highest BCUT2D eigenvalue weighted by atomic mass is 19.1. The fourth-order valence-electron chi connectivity index (χ4n) is 10.9. The molecule has 4 aromatic rings. The van der Waals surface area contributed by atoms with Gasteiger partial charge in [-0.25, -0.2) is 9.37 Å². The maximum absolute atomic E-state index is 14.9. The Morgan fingerprint density at radius 3 is 2.44 bits per heavy atom. The van der Waals surface area contributed by atoms with E-state index in [1.165, 1.54) is 12.1 Å². The number of nitrogen functional groups attached to an aromatic ring is 1. The van der Waals surface area contributed by atoms with Crippen LogP contribution in [0.4, 0.5) is 15.9 Å². The molecule has 2 bridgehead atoms. The van der Waals surface area contributed by atoms with E-state index >= 15 is 0 Å². The fraction of sp³-hybridized carbons (Fsp3) is 0.552. The Morgan fingerprint density at radius 2 is 1.75 bits per heavy atom. The highest BCUT2D eigenvalue weighted by Crippen LogP contribution is 2.44. The number of nitrogens with one attached hydrogen (secondary N) is 4. The number of amides is 5. The van der Waals surface area contributed by atoms with Crippen molar-refractivity contribution >= 4 is 41.0 Å². The van der Waals surface area contributed by atoms with Gasteiger partial charge in [0, 0.05) is 68.2 Å². The van der Waals surface area contributed by atoms with E-state index in [4.69, 9.17) is 20.3 Å². The predicted molar refractivity (Wildman–Crippen MR) is 297 cm³/mol. The van der Waals surface area contributed by atoms with Gasteiger partial charge >= 0.3 is 0 Å². The molecule has 2 aromatic heterocycles. The molecule has 6 atom stereocenters. The summed E-state index contributed by atoms with van der Waals surface area (Å²) < 4.78 is 28.2. The molecule has 0 unspecified atom stereocenters. The van der Waals surface area contributed by atoms with Crippen molar-refractivity contribution in [1.29, 1.82) is 5.26 Å². The van der Waals surface area contributed by atoms with E-state index in [9.17, 15) is 33.6 Å². The van der Waals surface area contributed by atoms with E-state index in [-0.39, 0.29) is 118 Å². The summed E-state index contributed by atoms with van der Waals surface area (Å²) in [6, 6.07) is 15.4. The summed E-state index contributed by atoms with van der Waals surface area (Å²) >= 11 is 0. The van der Waals surface area contributed by atoms with Crippen LogP contribution in [0.15, 0.2) is 60.8 Å². The Morgan fingerprint density at radius 1 is 1.00 bits per heavy atom. The molecule has 1 aliphatic carbocycles. The van der Waals surface area contributed by atoms with Crippen molar-refractivity contribution in [3.8, 4) is 17.2 Å². The molecule has 79 heavy (non-hydrogen) atoms. The van der Waals surface area contributed by atoms with Crippen molar-refractivity contribution in [3.05, 3.63) is 94.7 Å². The molecule has 5 amide bonds. The number of nitrogens with zero attached hydrogens (tertiary/aromatic N) is 8. The summed E-state index contributed by atoms with van der Waals surface area (Å²) in [7, 11) is 3.37. The van der Waals surface area contributed by atoms with Gasteiger partial charge in [0.1, 0.15) is 35.5 Å². The number of halogens is 1. The van der Waals surface area contributed by atoms with Crippen molar-refractivity contribution in [3.63, 3.8) is 0 Å². The lowest BCUT2D eigenvalue weighted by atomic mass is 9.85. The number of anilines is 2. The van der Waals surface area contributed by atoms with Crippen LogP contribution >= 0.6 is 0 Å². The van der Waals surface area contributed by atoms with E-state index in [1.54, 1.807) is 52.7 Å². The first-order chi connectivity index (χ1) is 37.9. The second-order valence-electron chi connectivity index (χ2n) is 22.3. The van der Waals surface area contributed by atoms with Gasteiger partial charge in [-0.2, -0.15) is 10.4 Å². The molecule has 1 saturated carbocycles. The van der Waals surface area contributed by atoms with Crippen LogP contribution in [-0.2, 0) is 41.7 Å². The summed E-state index contributed by atoms with van der Waals surface area (Å²) in [5, 5.41) is 28.2. The van der Waals surface area contributed by atoms with Crippen molar-refractivity contribution in [2.75, 3.05) is 77.3 Å². The number of carbonyl (C=O) groups excluding carboxylic acids is 5. The smallest absolute Gasteiger partial charge is 0.254 e. The predicted octanol–water partition coefficient (Wildman–Crippen LogP) is 4.84. The number of nitriles is 1. The minimum absolute atomic E-state index is 0.0292. The molecule has 3 fully saturated rings. The van der Waals surface area contributed by atoms with Gasteiger partial charge in [0.2, 0.25) is 23.6 Å². The number of rotatable bonds is 22. The highest BCUT2D eigenvalue weighted by molar-refractivity contribution is 5.97. The average molecular weight is 1090 g/mol. The van der Waals surface area contributed by atoms with Gasteiger partial charge in [-0.15, -0.1) is 0 Å². The zero-order chi connectivity index (χ0) is 56.5. The second-order valence-corrected chi connectivity index (χ2v) is 22.3. The Balaban J connectivity index is 0.830. The third-order valence-electron chi connectivity index (χ3n) is 15.7. The van der Waals surface area contributed by atoms with E-state index < -0.39 is 29.4 Å². The molecule has 0 spiro atoms. The quantitative estimate of drug-likeness (QED) is 0.0662. The van der Waals surface area contributed by atoms with Gasteiger partial charge in [-0.1, -0.05) is 58.0 Å². The molecular weight excluding hydrogens is 1010 g/mol. The van der Waals surface area contributed by atoms with Gasteiger partial charge in [-0.05, 0) is 93.3 Å². The van der Waals surface area contributed by atoms with Crippen LogP contribution in [0.3, 0.4) is 0 Å². The number of ether oxygens (including phenoxy) is 2. The normalized spacial score (nSPS) is 19.3. The molecule has 20 nitrogen and oxygen atoms in total. The third kappa shape index (κ3) is 13.7. The van der Waals surface area contributed by atoms with Gasteiger partial charge in [0.05, 0.1) is 75.4 Å². The van der Waals surface area contributed by atoms with Crippen LogP contribution in [0.1, 0.15) is 125 Å². The Kier molecular flexibility index (Phi) is 19.0. The number of hydrogen-bond acceptors (Lipinski definition) is 14. The second kappa shape index (κ2) is 25.9. The van der Waals surface area contributed by atoms with E-state index in [1.807, 2.05) is 64.1 Å². The van der Waals surface area contributed by atoms with Crippen molar-refractivity contribution < 1.29 is 37.8 Å². The number of aromatic nitrogens is 3. The summed E-state index contributed by atoms with van der Waals surface area (Å²) in [5.74, 6) is -1.39. The van der Waals surface area contributed by atoms with Gasteiger partial charge in [0.25, 0.3) is 5.91 Å². The topological polar surface area (TPSA) is 245 Å². The standard InChI is InChI=1S/C58H78FN13O7/c1-8-44(37-13-10-9-11-14-37)65-55(75)48-31-40(34-71(48)57(77)52(58(3,4)5)66-54(74)36(2)62-6)63-21-26-79-28-27-78-25-20-50(73)68(7)23-24-72-49(32-60)51-38-29-47(53(61)64-33-38)69-22-12-15-46(69)43-30-39(59)16-19-42(43)56(76)70(41-17-18-41)35-45(51)67-72/h9-11,13-14,16,19,29-30,33,36,40-41,44,46,48,52,62-63H,8,12,15,17-18,20-28,31,34-35H2,1-7H3,(H2,61,64)(H,65,75)(H,66,74)/t36-,40-,44+,46-,48-,52+/m1/s1. The van der Waals surface area contributed by atoms with Crippen LogP contribution < -0.4 is 31.9 Å².